The van der Waals surface area contributed by atoms with Gasteiger partial charge in [0, 0.05) is 24.2 Å². The third kappa shape index (κ3) is 5.65. The highest BCUT2D eigenvalue weighted by Gasteiger charge is 2.31. The molecule has 0 radical (unpaired) electrons. The number of hydrogen-bond donors (Lipinski definition) is 2. The molecule has 2 amide bonds. The van der Waals surface area contributed by atoms with E-state index in [4.69, 9.17) is 9.47 Å². The summed E-state index contributed by atoms with van der Waals surface area (Å²) in [6, 6.07) is 15.6. The Morgan fingerprint density at radius 3 is 2.50 bits per heavy atom. The van der Waals surface area contributed by atoms with E-state index in [1.54, 1.807) is 6.07 Å². The molecular formula is C26H21F3N2O5. The van der Waals surface area contributed by atoms with Crippen molar-refractivity contribution in [3.63, 3.8) is 0 Å². The lowest BCUT2D eigenvalue weighted by atomic mass is 10.1. The molecule has 0 unspecified atom stereocenters. The maximum absolute atomic E-state index is 13.0. The average molecular weight is 498 g/mol. The van der Waals surface area contributed by atoms with Crippen LogP contribution in [-0.2, 0) is 28.7 Å². The molecular weight excluding hydrogens is 477 g/mol. The van der Waals surface area contributed by atoms with E-state index in [-0.39, 0.29) is 29.3 Å². The zero-order chi connectivity index (χ0) is 25.9. The molecule has 2 N–H and O–H groups in total. The van der Waals surface area contributed by atoms with Gasteiger partial charge in [0.2, 0.25) is 0 Å². The van der Waals surface area contributed by atoms with E-state index in [1.807, 2.05) is 18.2 Å². The molecule has 3 aromatic rings. The highest BCUT2D eigenvalue weighted by Crippen LogP contribution is 2.30. The van der Waals surface area contributed by atoms with Crippen molar-refractivity contribution in [3.05, 3.63) is 94.5 Å². The summed E-state index contributed by atoms with van der Waals surface area (Å²) in [5.41, 5.74) is 0.451. The number of esters is 1. The molecule has 0 spiro atoms. The van der Waals surface area contributed by atoms with Crippen LogP contribution >= 0.6 is 0 Å². The van der Waals surface area contributed by atoms with Crippen molar-refractivity contribution >= 4 is 23.5 Å². The van der Waals surface area contributed by atoms with E-state index in [0.717, 1.165) is 23.8 Å². The molecule has 0 aliphatic carbocycles. The smallest absolute Gasteiger partial charge is 0.416 e. The minimum absolute atomic E-state index is 0.00625. The lowest BCUT2D eigenvalue weighted by Crippen LogP contribution is -2.37. The molecule has 1 aliphatic rings. The average Bonchev–Trinajstić information content (AvgIpc) is 3.31. The molecule has 1 heterocycles. The van der Waals surface area contributed by atoms with Crippen molar-refractivity contribution < 1.29 is 37.0 Å². The van der Waals surface area contributed by atoms with Gasteiger partial charge in [-0.05, 0) is 53.6 Å². The van der Waals surface area contributed by atoms with Gasteiger partial charge in [-0.3, -0.25) is 9.59 Å². The number of carbonyl (C=O) groups excluding carboxylic acids is 3. The lowest BCUT2D eigenvalue weighted by molar-refractivity contribution is -0.137. The Bertz CT molecular complexity index is 1300. The predicted octanol–water partition coefficient (Wildman–Crippen LogP) is 4.36. The number of nitrogens with one attached hydrogen (secondary N) is 2. The van der Waals surface area contributed by atoms with Gasteiger partial charge in [-0.2, -0.15) is 13.2 Å². The van der Waals surface area contributed by atoms with Crippen LogP contribution in [0.1, 0.15) is 37.4 Å². The number of para-hydroxylation sites is 1. The monoisotopic (exact) mass is 498 g/mol. The highest BCUT2D eigenvalue weighted by molar-refractivity contribution is 6.05. The number of hydrogen-bond acceptors (Lipinski definition) is 5. The van der Waals surface area contributed by atoms with Gasteiger partial charge in [0.15, 0.2) is 6.10 Å². The molecule has 1 aliphatic heterocycles. The van der Waals surface area contributed by atoms with Crippen LogP contribution in [0.3, 0.4) is 0 Å². The zero-order valence-corrected chi connectivity index (χ0v) is 19.0. The van der Waals surface area contributed by atoms with Crippen LogP contribution in [0.15, 0.2) is 66.7 Å². The van der Waals surface area contributed by atoms with E-state index < -0.39 is 29.7 Å². The predicted molar refractivity (Wildman–Crippen MR) is 124 cm³/mol. The largest absolute Gasteiger partial charge is 0.480 e. The maximum Gasteiger partial charge on any atom is 0.416 e. The molecule has 3 aromatic carbocycles. The molecule has 4 rings (SSSR count). The number of benzene rings is 3. The Morgan fingerprint density at radius 2 is 1.78 bits per heavy atom. The molecule has 0 saturated heterocycles. The summed E-state index contributed by atoms with van der Waals surface area (Å²) >= 11 is 0. The number of alkyl halides is 3. The van der Waals surface area contributed by atoms with Crippen molar-refractivity contribution in [2.24, 2.45) is 0 Å². The second-order valence-electron chi connectivity index (χ2n) is 8.08. The quantitative estimate of drug-likeness (QED) is 0.493. The first-order chi connectivity index (χ1) is 17.1. The van der Waals surface area contributed by atoms with Gasteiger partial charge in [-0.15, -0.1) is 0 Å². The molecule has 186 valence electrons. The second-order valence-corrected chi connectivity index (χ2v) is 8.08. The molecule has 1 atom stereocenters. The molecule has 36 heavy (non-hydrogen) atoms. The number of amides is 2. The van der Waals surface area contributed by atoms with Crippen molar-refractivity contribution in [3.8, 4) is 5.75 Å². The first-order valence-corrected chi connectivity index (χ1v) is 10.9. The van der Waals surface area contributed by atoms with Crippen LogP contribution in [0, 0.1) is 0 Å². The molecule has 0 aromatic heterocycles. The minimum Gasteiger partial charge on any atom is -0.480 e. The Morgan fingerprint density at radius 1 is 1.00 bits per heavy atom. The van der Waals surface area contributed by atoms with Crippen LogP contribution in [0.5, 0.6) is 5.75 Å². The summed E-state index contributed by atoms with van der Waals surface area (Å²) in [7, 11) is 1.19. The second kappa shape index (κ2) is 10.1. The molecule has 7 nitrogen and oxygen atoms in total. The van der Waals surface area contributed by atoms with Gasteiger partial charge in [-0.25, -0.2) is 4.79 Å². The molecule has 0 fully saturated rings. The van der Waals surface area contributed by atoms with Crippen molar-refractivity contribution in [2.75, 3.05) is 12.4 Å². The highest BCUT2D eigenvalue weighted by atomic mass is 19.4. The maximum atomic E-state index is 13.0. The fraction of sp³-hybridized carbons (Fsp3) is 0.192. The third-order valence-corrected chi connectivity index (χ3v) is 5.53. The normalized spacial score (nSPS) is 14.4. The van der Waals surface area contributed by atoms with E-state index in [1.165, 1.54) is 31.4 Å². The fourth-order valence-electron chi connectivity index (χ4n) is 3.77. The Hall–Kier alpha value is -4.34. The Kier molecular flexibility index (Phi) is 6.96. The number of halogens is 3. The van der Waals surface area contributed by atoms with Crippen molar-refractivity contribution in [1.29, 1.82) is 0 Å². The van der Waals surface area contributed by atoms with Crippen LogP contribution < -0.4 is 15.4 Å². The van der Waals surface area contributed by atoms with E-state index in [2.05, 4.69) is 10.6 Å². The zero-order valence-electron chi connectivity index (χ0n) is 19.0. The van der Waals surface area contributed by atoms with Crippen molar-refractivity contribution in [2.45, 2.75) is 25.2 Å². The Labute approximate surface area is 204 Å². The van der Waals surface area contributed by atoms with Gasteiger partial charge in [-0.1, -0.05) is 24.3 Å². The van der Waals surface area contributed by atoms with Crippen molar-refractivity contribution in [1.82, 2.24) is 5.32 Å². The van der Waals surface area contributed by atoms with Crippen LogP contribution in [0.25, 0.3) is 0 Å². The number of rotatable bonds is 6. The lowest BCUT2D eigenvalue weighted by Gasteiger charge is -2.14. The van der Waals surface area contributed by atoms with Crippen LogP contribution in [0.2, 0.25) is 0 Å². The standard InChI is InChI=1S/C26H21F3N2O5/c1-35-25(34)18-9-15(14-30-24(33)22-13-16-5-2-3-8-21(16)36-22)10-20(12-18)31-23(32)17-6-4-7-19(11-17)26(27,28)29/h2-12,22H,13-14H2,1H3,(H,30,33)(H,31,32)/t22-/m0/s1. The summed E-state index contributed by atoms with van der Waals surface area (Å²) in [6.45, 7) is 0.00625. The number of fused-ring (bicyclic) bond motifs is 1. The summed E-state index contributed by atoms with van der Waals surface area (Å²) in [5, 5.41) is 5.24. The van der Waals surface area contributed by atoms with Gasteiger partial charge in [0.25, 0.3) is 11.8 Å². The first-order valence-electron chi connectivity index (χ1n) is 10.9. The molecule has 0 saturated carbocycles. The molecule has 10 heteroatoms. The summed E-state index contributed by atoms with van der Waals surface area (Å²) in [4.78, 5) is 37.4. The first kappa shape index (κ1) is 24.8. The topological polar surface area (TPSA) is 93.7 Å². The number of anilines is 1. The van der Waals surface area contributed by atoms with E-state index in [0.29, 0.717) is 17.7 Å². The van der Waals surface area contributed by atoms with Gasteiger partial charge < -0.3 is 20.1 Å². The third-order valence-electron chi connectivity index (χ3n) is 5.53. The Balaban J connectivity index is 1.49. The number of carbonyl (C=O) groups is 3. The van der Waals surface area contributed by atoms with Gasteiger partial charge in [0.05, 0.1) is 18.2 Å². The molecule has 0 bridgehead atoms. The summed E-state index contributed by atoms with van der Waals surface area (Å²) in [6.07, 6.45) is -4.88. The van der Waals surface area contributed by atoms with Gasteiger partial charge >= 0.3 is 12.1 Å². The van der Waals surface area contributed by atoms with Gasteiger partial charge in [0.1, 0.15) is 5.75 Å². The minimum atomic E-state index is -4.60. The van der Waals surface area contributed by atoms with E-state index >= 15 is 0 Å². The SMILES string of the molecule is COC(=O)c1cc(CNC(=O)[C@@H]2Cc3ccccc3O2)cc(NC(=O)c2cccc(C(F)(F)F)c2)c1. The summed E-state index contributed by atoms with van der Waals surface area (Å²) < 4.78 is 49.4. The summed E-state index contributed by atoms with van der Waals surface area (Å²) in [5.74, 6) is -1.20. The van der Waals surface area contributed by atoms with Crippen LogP contribution in [0.4, 0.5) is 18.9 Å². The van der Waals surface area contributed by atoms with Crippen LogP contribution in [-0.4, -0.2) is 31.0 Å². The number of ether oxygens (including phenoxy) is 2. The number of methoxy groups -OCH3 is 1. The fourth-order valence-corrected chi connectivity index (χ4v) is 3.77. The van der Waals surface area contributed by atoms with E-state index in [9.17, 15) is 27.6 Å².